The van der Waals surface area contributed by atoms with E-state index in [1.807, 2.05) is 30.3 Å². The minimum atomic E-state index is -3.33. The summed E-state index contributed by atoms with van der Waals surface area (Å²) in [4.78, 5) is 14.3. The molecule has 0 atom stereocenters. The van der Waals surface area contributed by atoms with E-state index in [-0.39, 0.29) is 18.2 Å². The summed E-state index contributed by atoms with van der Waals surface area (Å²) in [5.41, 5.74) is 1.13. The number of piperazine rings is 1. The standard InChI is InChI=1S/C20H31N3O3S/c24-20(17-18-7-3-1-4-8-18)21-11-16-27(25,26)23-14-12-22(13-15-23)19-9-5-2-6-10-19/h2,5-6,9-10,18H,1,3-4,7-8,11-17H2,(H,21,24). The van der Waals surface area contributed by atoms with Crippen LogP contribution in [0.4, 0.5) is 5.69 Å². The fourth-order valence-electron chi connectivity index (χ4n) is 4.04. The van der Waals surface area contributed by atoms with Crippen molar-refractivity contribution < 1.29 is 13.2 Å². The number of nitrogens with one attached hydrogen (secondary N) is 1. The predicted octanol–water partition coefficient (Wildman–Crippen LogP) is 2.22. The zero-order valence-corrected chi connectivity index (χ0v) is 16.8. The minimum Gasteiger partial charge on any atom is -0.369 e. The van der Waals surface area contributed by atoms with Crippen LogP contribution in [-0.4, -0.2) is 57.1 Å². The number of carbonyl (C=O) groups is 1. The summed E-state index contributed by atoms with van der Waals surface area (Å²) in [6, 6.07) is 10.1. The quantitative estimate of drug-likeness (QED) is 0.771. The van der Waals surface area contributed by atoms with Crippen molar-refractivity contribution in [3.63, 3.8) is 0 Å². The van der Waals surface area contributed by atoms with Crippen molar-refractivity contribution in [3.8, 4) is 0 Å². The van der Waals surface area contributed by atoms with E-state index >= 15 is 0 Å². The first-order chi connectivity index (χ1) is 13.0. The molecule has 1 N–H and O–H groups in total. The molecule has 1 aromatic rings. The number of rotatable bonds is 7. The van der Waals surface area contributed by atoms with Crippen molar-refractivity contribution in [2.75, 3.05) is 43.4 Å². The molecule has 1 amide bonds. The Kier molecular flexibility index (Phi) is 7.13. The maximum Gasteiger partial charge on any atom is 0.220 e. The van der Waals surface area contributed by atoms with Gasteiger partial charge in [-0.25, -0.2) is 8.42 Å². The van der Waals surface area contributed by atoms with Crippen molar-refractivity contribution in [2.45, 2.75) is 38.5 Å². The average molecular weight is 394 g/mol. The lowest BCUT2D eigenvalue weighted by Gasteiger charge is -2.35. The molecule has 27 heavy (non-hydrogen) atoms. The molecule has 1 aromatic carbocycles. The molecule has 3 rings (SSSR count). The van der Waals surface area contributed by atoms with Crippen molar-refractivity contribution in [2.24, 2.45) is 5.92 Å². The summed E-state index contributed by atoms with van der Waals surface area (Å²) in [6.45, 7) is 2.57. The molecule has 150 valence electrons. The zero-order chi connectivity index (χ0) is 19.1. The Labute approximate surface area is 163 Å². The van der Waals surface area contributed by atoms with E-state index in [4.69, 9.17) is 0 Å². The van der Waals surface area contributed by atoms with Crippen LogP contribution in [0.15, 0.2) is 30.3 Å². The maximum atomic E-state index is 12.6. The smallest absolute Gasteiger partial charge is 0.220 e. The number of nitrogens with zero attached hydrogens (tertiary/aromatic N) is 2. The van der Waals surface area contributed by atoms with Crippen LogP contribution in [0.3, 0.4) is 0 Å². The Hall–Kier alpha value is -1.60. The van der Waals surface area contributed by atoms with E-state index < -0.39 is 10.0 Å². The predicted molar refractivity (Wildman–Crippen MR) is 108 cm³/mol. The molecule has 1 heterocycles. The lowest BCUT2D eigenvalue weighted by Crippen LogP contribution is -2.50. The molecule has 2 fully saturated rings. The second kappa shape index (κ2) is 9.55. The Morgan fingerprint density at radius 3 is 2.33 bits per heavy atom. The van der Waals surface area contributed by atoms with Crippen LogP contribution >= 0.6 is 0 Å². The molecule has 2 aliphatic rings. The first kappa shape index (κ1) is 20.1. The molecule has 1 saturated carbocycles. The number of benzene rings is 1. The molecule has 1 aliphatic carbocycles. The van der Waals surface area contributed by atoms with Gasteiger partial charge in [0, 0.05) is 44.8 Å². The van der Waals surface area contributed by atoms with Crippen LogP contribution in [-0.2, 0) is 14.8 Å². The van der Waals surface area contributed by atoms with Gasteiger partial charge in [0.05, 0.1) is 5.75 Å². The van der Waals surface area contributed by atoms with Gasteiger partial charge in [0.2, 0.25) is 15.9 Å². The normalized spacial score (nSPS) is 19.8. The molecule has 6 nitrogen and oxygen atoms in total. The summed E-state index contributed by atoms with van der Waals surface area (Å²) in [5, 5.41) is 2.80. The first-order valence-electron chi connectivity index (χ1n) is 10.1. The Bertz CT molecular complexity index is 694. The topological polar surface area (TPSA) is 69.7 Å². The van der Waals surface area contributed by atoms with Gasteiger partial charge in [-0.3, -0.25) is 4.79 Å². The van der Waals surface area contributed by atoms with Gasteiger partial charge < -0.3 is 10.2 Å². The number of amides is 1. The van der Waals surface area contributed by atoms with E-state index in [1.54, 1.807) is 4.31 Å². The Morgan fingerprint density at radius 1 is 1.00 bits per heavy atom. The summed E-state index contributed by atoms with van der Waals surface area (Å²) >= 11 is 0. The third-order valence-electron chi connectivity index (χ3n) is 5.63. The lowest BCUT2D eigenvalue weighted by molar-refractivity contribution is -0.122. The van der Waals surface area contributed by atoms with Gasteiger partial charge in [-0.2, -0.15) is 4.31 Å². The van der Waals surface area contributed by atoms with Crippen LogP contribution < -0.4 is 10.2 Å². The van der Waals surface area contributed by atoms with E-state index in [0.717, 1.165) is 18.5 Å². The van der Waals surface area contributed by atoms with E-state index in [2.05, 4.69) is 10.2 Å². The van der Waals surface area contributed by atoms with Crippen LogP contribution in [0.25, 0.3) is 0 Å². The highest BCUT2D eigenvalue weighted by Gasteiger charge is 2.27. The van der Waals surface area contributed by atoms with Crippen molar-refractivity contribution in [1.29, 1.82) is 0 Å². The van der Waals surface area contributed by atoms with Gasteiger partial charge in [-0.15, -0.1) is 0 Å². The number of hydrogen-bond donors (Lipinski definition) is 1. The third-order valence-corrected chi connectivity index (χ3v) is 7.51. The van der Waals surface area contributed by atoms with E-state index in [1.165, 1.54) is 19.3 Å². The van der Waals surface area contributed by atoms with Crippen molar-refractivity contribution in [1.82, 2.24) is 9.62 Å². The number of hydrogen-bond acceptors (Lipinski definition) is 4. The number of para-hydroxylation sites is 1. The first-order valence-corrected chi connectivity index (χ1v) is 11.7. The van der Waals surface area contributed by atoms with Crippen molar-refractivity contribution in [3.05, 3.63) is 30.3 Å². The number of carbonyl (C=O) groups excluding carboxylic acids is 1. The van der Waals surface area contributed by atoms with Gasteiger partial charge in [-0.1, -0.05) is 37.5 Å². The molecule has 7 heteroatoms. The summed E-state index contributed by atoms with van der Waals surface area (Å²) in [5.74, 6) is 0.446. The van der Waals surface area contributed by atoms with Crippen LogP contribution in [0, 0.1) is 5.92 Å². The van der Waals surface area contributed by atoms with Crippen LogP contribution in [0.5, 0.6) is 0 Å². The summed E-state index contributed by atoms with van der Waals surface area (Å²) < 4.78 is 26.7. The summed E-state index contributed by atoms with van der Waals surface area (Å²) in [6.07, 6.45) is 6.47. The summed E-state index contributed by atoms with van der Waals surface area (Å²) in [7, 11) is -3.33. The van der Waals surface area contributed by atoms with E-state index in [0.29, 0.717) is 38.5 Å². The van der Waals surface area contributed by atoms with Gasteiger partial charge >= 0.3 is 0 Å². The second-order valence-electron chi connectivity index (χ2n) is 7.60. The van der Waals surface area contributed by atoms with Gasteiger partial charge in [0.1, 0.15) is 0 Å². The molecule has 1 aliphatic heterocycles. The fraction of sp³-hybridized carbons (Fsp3) is 0.650. The molecular formula is C20H31N3O3S. The average Bonchev–Trinajstić information content (AvgIpc) is 2.69. The highest BCUT2D eigenvalue weighted by molar-refractivity contribution is 7.89. The number of sulfonamides is 1. The van der Waals surface area contributed by atoms with Crippen LogP contribution in [0.1, 0.15) is 38.5 Å². The maximum absolute atomic E-state index is 12.6. The Morgan fingerprint density at radius 2 is 1.67 bits per heavy atom. The molecule has 0 spiro atoms. The SMILES string of the molecule is O=C(CC1CCCCC1)NCCS(=O)(=O)N1CCN(c2ccccc2)CC1. The third kappa shape index (κ3) is 5.94. The molecule has 0 radical (unpaired) electrons. The van der Waals surface area contributed by atoms with Crippen molar-refractivity contribution >= 4 is 21.6 Å². The minimum absolute atomic E-state index is 0.00834. The highest BCUT2D eigenvalue weighted by Crippen LogP contribution is 2.26. The molecular weight excluding hydrogens is 362 g/mol. The van der Waals surface area contributed by atoms with Crippen LogP contribution in [0.2, 0.25) is 0 Å². The monoisotopic (exact) mass is 393 g/mol. The van der Waals surface area contributed by atoms with Gasteiger partial charge in [0.25, 0.3) is 0 Å². The lowest BCUT2D eigenvalue weighted by atomic mass is 9.87. The molecule has 0 bridgehead atoms. The highest BCUT2D eigenvalue weighted by atomic mass is 32.2. The molecule has 0 aromatic heterocycles. The number of anilines is 1. The molecule has 0 unspecified atom stereocenters. The fourth-order valence-corrected chi connectivity index (χ4v) is 5.38. The Balaban J connectivity index is 1.39. The molecule has 1 saturated heterocycles. The van der Waals surface area contributed by atoms with Gasteiger partial charge in [-0.05, 0) is 30.9 Å². The largest absolute Gasteiger partial charge is 0.369 e. The second-order valence-corrected chi connectivity index (χ2v) is 9.68. The van der Waals surface area contributed by atoms with E-state index in [9.17, 15) is 13.2 Å². The zero-order valence-electron chi connectivity index (χ0n) is 16.0. The van der Waals surface area contributed by atoms with Gasteiger partial charge in [0.15, 0.2) is 0 Å².